The topological polar surface area (TPSA) is 95.9 Å². The number of rotatable bonds is 6. The molecule has 0 radical (unpaired) electrons. The fourth-order valence-corrected chi connectivity index (χ4v) is 5.63. The molecule has 7 nitrogen and oxygen atoms in total. The van der Waals surface area contributed by atoms with Crippen LogP contribution in [0.2, 0.25) is 0 Å². The lowest BCUT2D eigenvalue weighted by Crippen LogP contribution is -2.56. The molecule has 0 saturated carbocycles. The van der Waals surface area contributed by atoms with Crippen LogP contribution in [0, 0.1) is 0 Å². The molecule has 7 heteroatoms. The highest BCUT2D eigenvalue weighted by Crippen LogP contribution is 2.38. The van der Waals surface area contributed by atoms with E-state index in [9.17, 15) is 19.5 Å². The minimum absolute atomic E-state index is 0.156. The Morgan fingerprint density at radius 1 is 0.854 bits per heavy atom. The van der Waals surface area contributed by atoms with Gasteiger partial charge in [0.25, 0.3) is 0 Å². The van der Waals surface area contributed by atoms with Crippen LogP contribution in [0.5, 0.6) is 0 Å². The number of nitrogens with one attached hydrogen (secondary N) is 1. The molecule has 1 aliphatic heterocycles. The van der Waals surface area contributed by atoms with Gasteiger partial charge < -0.3 is 20.1 Å². The van der Waals surface area contributed by atoms with Crippen LogP contribution in [-0.4, -0.2) is 52.7 Å². The van der Waals surface area contributed by atoms with Crippen molar-refractivity contribution < 1.29 is 24.2 Å². The van der Waals surface area contributed by atoms with Crippen molar-refractivity contribution in [2.45, 2.75) is 57.1 Å². The van der Waals surface area contributed by atoms with Gasteiger partial charge in [-0.2, -0.15) is 0 Å². The molecule has 1 fully saturated rings. The van der Waals surface area contributed by atoms with Crippen molar-refractivity contribution in [3.63, 3.8) is 0 Å². The first kappa shape index (κ1) is 28.1. The zero-order valence-electron chi connectivity index (χ0n) is 23.7. The van der Waals surface area contributed by atoms with E-state index in [1.807, 2.05) is 106 Å². The smallest absolute Gasteiger partial charge is 0.410 e. The van der Waals surface area contributed by atoms with Crippen LogP contribution in [0.3, 0.4) is 0 Å². The number of carbonyl (C=O) groups excluding carboxylic acids is 2. The predicted octanol–water partition coefficient (Wildman–Crippen LogP) is 6.07. The third-order valence-corrected chi connectivity index (χ3v) is 7.86. The molecule has 1 saturated heterocycles. The van der Waals surface area contributed by atoms with Gasteiger partial charge in [0, 0.05) is 19.5 Å². The second-order valence-corrected chi connectivity index (χ2v) is 11.9. The molecule has 0 unspecified atom stereocenters. The van der Waals surface area contributed by atoms with Gasteiger partial charge in [-0.3, -0.25) is 4.79 Å². The number of hydrogen-bond donors (Lipinski definition) is 2. The Morgan fingerprint density at radius 2 is 1.41 bits per heavy atom. The Hall–Kier alpha value is -4.39. The predicted molar refractivity (Wildman–Crippen MR) is 160 cm³/mol. The van der Waals surface area contributed by atoms with Crippen LogP contribution in [0.15, 0.2) is 84.9 Å². The number of amides is 2. The van der Waals surface area contributed by atoms with Crippen LogP contribution in [0.4, 0.5) is 4.79 Å². The third-order valence-electron chi connectivity index (χ3n) is 7.86. The highest BCUT2D eigenvalue weighted by molar-refractivity contribution is 5.94. The minimum Gasteiger partial charge on any atom is -0.480 e. The first-order valence-electron chi connectivity index (χ1n) is 14.0. The summed E-state index contributed by atoms with van der Waals surface area (Å²) in [5.74, 6) is -1.43. The Kier molecular flexibility index (Phi) is 7.72. The molecule has 1 aliphatic rings. The van der Waals surface area contributed by atoms with E-state index in [1.54, 1.807) is 4.90 Å². The molecular weight excluding hydrogens is 516 g/mol. The van der Waals surface area contributed by atoms with E-state index in [4.69, 9.17) is 4.74 Å². The van der Waals surface area contributed by atoms with Gasteiger partial charge in [0.15, 0.2) is 0 Å². The Labute approximate surface area is 240 Å². The number of carboxylic acid groups (broad SMARTS) is 1. The molecular formula is C34H36N2O5. The van der Waals surface area contributed by atoms with Crippen molar-refractivity contribution in [3.05, 3.63) is 96.1 Å². The Bertz CT molecular complexity index is 1600. The highest BCUT2D eigenvalue weighted by Gasteiger charge is 2.45. The van der Waals surface area contributed by atoms with Crippen molar-refractivity contribution in [2.24, 2.45) is 0 Å². The van der Waals surface area contributed by atoms with Gasteiger partial charge in [-0.15, -0.1) is 0 Å². The van der Waals surface area contributed by atoms with E-state index in [0.717, 1.165) is 32.7 Å². The molecule has 0 aliphatic carbocycles. The number of hydrogen-bond acceptors (Lipinski definition) is 4. The van der Waals surface area contributed by atoms with Gasteiger partial charge in [0.1, 0.15) is 11.6 Å². The van der Waals surface area contributed by atoms with Crippen LogP contribution in [0.25, 0.3) is 21.5 Å². The van der Waals surface area contributed by atoms with E-state index in [2.05, 4.69) is 5.32 Å². The lowest BCUT2D eigenvalue weighted by atomic mass is 9.71. The largest absolute Gasteiger partial charge is 0.480 e. The minimum atomic E-state index is -1.11. The molecule has 2 amide bonds. The van der Waals surface area contributed by atoms with Gasteiger partial charge in [-0.25, -0.2) is 9.59 Å². The van der Waals surface area contributed by atoms with E-state index in [-0.39, 0.29) is 12.3 Å². The molecule has 4 aromatic rings. The molecule has 4 aromatic carbocycles. The summed E-state index contributed by atoms with van der Waals surface area (Å²) in [6, 6.07) is 26.5. The van der Waals surface area contributed by atoms with Crippen LogP contribution >= 0.6 is 0 Å². The van der Waals surface area contributed by atoms with E-state index in [0.29, 0.717) is 25.9 Å². The van der Waals surface area contributed by atoms with E-state index >= 15 is 0 Å². The average molecular weight is 553 g/mol. The molecule has 5 rings (SSSR count). The van der Waals surface area contributed by atoms with Crippen molar-refractivity contribution in [3.8, 4) is 0 Å². The molecule has 1 atom stereocenters. The fraction of sp³-hybridized carbons (Fsp3) is 0.324. The van der Waals surface area contributed by atoms with Crippen LogP contribution in [-0.2, 0) is 26.2 Å². The lowest BCUT2D eigenvalue weighted by molar-refractivity contribution is -0.143. The number of ether oxygens (including phenoxy) is 1. The summed E-state index contributed by atoms with van der Waals surface area (Å²) < 4.78 is 5.57. The van der Waals surface area contributed by atoms with Gasteiger partial charge in [0.05, 0.1) is 5.41 Å². The monoisotopic (exact) mass is 552 g/mol. The Morgan fingerprint density at radius 3 is 2.00 bits per heavy atom. The van der Waals surface area contributed by atoms with Crippen molar-refractivity contribution >= 4 is 39.5 Å². The lowest BCUT2D eigenvalue weighted by Gasteiger charge is -2.41. The fourth-order valence-electron chi connectivity index (χ4n) is 5.63. The summed E-state index contributed by atoms with van der Waals surface area (Å²) >= 11 is 0. The van der Waals surface area contributed by atoms with Gasteiger partial charge in [0.2, 0.25) is 5.91 Å². The number of benzene rings is 4. The highest BCUT2D eigenvalue weighted by atomic mass is 16.6. The zero-order valence-corrected chi connectivity index (χ0v) is 23.7. The van der Waals surface area contributed by atoms with Gasteiger partial charge >= 0.3 is 12.1 Å². The molecule has 1 heterocycles. The van der Waals surface area contributed by atoms with Crippen molar-refractivity contribution in [1.29, 1.82) is 0 Å². The van der Waals surface area contributed by atoms with Gasteiger partial charge in [-0.05, 0) is 66.3 Å². The zero-order chi connectivity index (χ0) is 29.2. The van der Waals surface area contributed by atoms with Crippen molar-refractivity contribution in [1.82, 2.24) is 10.2 Å². The maximum atomic E-state index is 14.2. The summed E-state index contributed by atoms with van der Waals surface area (Å²) in [5, 5.41) is 17.1. The number of nitrogens with zero attached hydrogens (tertiary/aromatic N) is 1. The van der Waals surface area contributed by atoms with Crippen LogP contribution in [0.1, 0.15) is 44.7 Å². The normalized spacial score (nSPS) is 15.8. The molecule has 0 spiro atoms. The first-order chi connectivity index (χ1) is 19.5. The number of aliphatic carboxylic acids is 1. The summed E-state index contributed by atoms with van der Waals surface area (Å²) in [5.41, 5.74) is 0.0154. The summed E-state index contributed by atoms with van der Waals surface area (Å²) in [6.07, 6.45) is 0.436. The number of carbonyl (C=O) groups is 3. The summed E-state index contributed by atoms with van der Waals surface area (Å²) in [4.78, 5) is 41.0. The van der Waals surface area contributed by atoms with E-state index in [1.165, 1.54) is 0 Å². The standard InChI is InChI=1S/C34H36N2O5/c1-33(2,3)41-32(40)36-18-16-34(17-19-36,28-15-14-25-9-5-7-11-27(25)22-28)31(39)35-29(30(37)38)21-23-12-13-24-8-4-6-10-26(24)20-23/h4-15,20,22,29H,16-19,21H2,1-3H3,(H,35,39)(H,37,38)/t29-/m0/s1. The molecule has 0 bridgehead atoms. The number of carboxylic acids is 1. The van der Waals surface area contributed by atoms with Gasteiger partial charge in [-0.1, -0.05) is 84.9 Å². The summed E-state index contributed by atoms with van der Waals surface area (Å²) in [6.45, 7) is 6.10. The SMILES string of the molecule is CC(C)(C)OC(=O)N1CCC(C(=O)N[C@@H](Cc2ccc3ccccc3c2)C(=O)O)(c2ccc3ccccc3c2)CC1. The molecule has 41 heavy (non-hydrogen) atoms. The Balaban J connectivity index is 1.43. The summed E-state index contributed by atoms with van der Waals surface area (Å²) in [7, 11) is 0. The number of piperidine rings is 1. The maximum absolute atomic E-state index is 14.2. The van der Waals surface area contributed by atoms with E-state index < -0.39 is 29.1 Å². The first-order valence-corrected chi connectivity index (χ1v) is 14.0. The number of likely N-dealkylation sites (tertiary alicyclic amines) is 1. The number of fused-ring (bicyclic) bond motifs is 2. The second kappa shape index (κ2) is 11.2. The average Bonchev–Trinajstić information content (AvgIpc) is 2.95. The second-order valence-electron chi connectivity index (χ2n) is 11.9. The molecule has 0 aromatic heterocycles. The third kappa shape index (κ3) is 6.19. The molecule has 212 valence electrons. The van der Waals surface area contributed by atoms with Crippen molar-refractivity contribution in [2.75, 3.05) is 13.1 Å². The molecule has 2 N–H and O–H groups in total. The quantitative estimate of drug-likeness (QED) is 0.303. The van der Waals surface area contributed by atoms with Crippen LogP contribution < -0.4 is 5.32 Å². The maximum Gasteiger partial charge on any atom is 0.410 e.